The van der Waals surface area contributed by atoms with E-state index < -0.39 is 11.9 Å². The number of carbonyl (C=O) groups excluding carboxylic acids is 2. The van der Waals surface area contributed by atoms with Crippen molar-refractivity contribution in [2.45, 2.75) is 31.4 Å². The Labute approximate surface area is 88.3 Å². The van der Waals surface area contributed by atoms with Crippen LogP contribution in [0.1, 0.15) is 19.3 Å². The molecule has 1 saturated carbocycles. The van der Waals surface area contributed by atoms with Crippen LogP contribution < -0.4 is 0 Å². The lowest BCUT2D eigenvalue weighted by atomic mass is 10.1. The van der Waals surface area contributed by atoms with Crippen molar-refractivity contribution in [2.24, 2.45) is 0 Å². The predicted octanol–water partition coefficient (Wildman–Crippen LogP) is -0.0607. The van der Waals surface area contributed by atoms with E-state index in [1.807, 2.05) is 0 Å². The zero-order valence-corrected chi connectivity index (χ0v) is 8.77. The lowest BCUT2D eigenvalue weighted by molar-refractivity contribution is -0.164. The second-order valence-corrected chi connectivity index (χ2v) is 3.90. The summed E-state index contributed by atoms with van der Waals surface area (Å²) >= 11 is 0. The summed E-state index contributed by atoms with van der Waals surface area (Å²) in [5.74, 6) is -1.31. The van der Waals surface area contributed by atoms with E-state index in [1.54, 1.807) is 4.90 Å². The van der Waals surface area contributed by atoms with Gasteiger partial charge in [0.25, 0.3) is 0 Å². The van der Waals surface area contributed by atoms with Gasteiger partial charge in [0.2, 0.25) is 0 Å². The van der Waals surface area contributed by atoms with E-state index in [0.717, 1.165) is 19.3 Å². The lowest BCUT2D eigenvalue weighted by Crippen LogP contribution is -2.53. The summed E-state index contributed by atoms with van der Waals surface area (Å²) in [4.78, 5) is 24.4. The summed E-state index contributed by atoms with van der Waals surface area (Å²) in [6.07, 6.45) is 3.08. The fraction of sp³-hybridized carbons (Fsp3) is 0.800. The van der Waals surface area contributed by atoms with Gasteiger partial charge >= 0.3 is 11.9 Å². The maximum Gasteiger partial charge on any atom is 0.396 e. The summed E-state index contributed by atoms with van der Waals surface area (Å²) in [5, 5.41) is 0. The number of carbonyl (C=O) groups is 2. The highest BCUT2D eigenvalue weighted by molar-refractivity contribution is 6.32. The maximum atomic E-state index is 11.7. The van der Waals surface area contributed by atoms with Crippen molar-refractivity contribution in [2.75, 3.05) is 20.3 Å². The van der Waals surface area contributed by atoms with Gasteiger partial charge in [-0.25, -0.2) is 4.79 Å². The Morgan fingerprint density at radius 1 is 1.40 bits per heavy atom. The Bertz CT molecular complexity index is 279. The molecule has 0 N–H and O–H groups in total. The van der Waals surface area contributed by atoms with Crippen LogP contribution in [0.15, 0.2) is 0 Å². The SMILES string of the molecule is COC(=O)C(=O)N1CCOC2CCCC21. The molecule has 0 bridgehead atoms. The van der Waals surface area contributed by atoms with Crippen LogP contribution >= 0.6 is 0 Å². The molecule has 0 spiro atoms. The normalized spacial score (nSPS) is 29.8. The number of hydrogen-bond donors (Lipinski definition) is 0. The molecule has 0 aromatic rings. The molecule has 1 aliphatic heterocycles. The van der Waals surface area contributed by atoms with E-state index in [4.69, 9.17) is 4.74 Å². The van der Waals surface area contributed by atoms with Crippen molar-refractivity contribution < 1.29 is 19.1 Å². The number of hydrogen-bond acceptors (Lipinski definition) is 4. The molecular weight excluding hydrogens is 198 g/mol. The molecule has 2 atom stereocenters. The van der Waals surface area contributed by atoms with Crippen LogP contribution in [0.2, 0.25) is 0 Å². The minimum Gasteiger partial charge on any atom is -0.462 e. The third-order valence-electron chi connectivity index (χ3n) is 3.10. The first-order valence-electron chi connectivity index (χ1n) is 5.24. The number of morpholine rings is 1. The minimum atomic E-state index is -0.775. The van der Waals surface area contributed by atoms with Crippen molar-refractivity contribution in [3.8, 4) is 0 Å². The quantitative estimate of drug-likeness (QED) is 0.418. The third-order valence-corrected chi connectivity index (χ3v) is 3.10. The summed E-state index contributed by atoms with van der Waals surface area (Å²) in [6, 6.07) is 0.0744. The number of esters is 1. The van der Waals surface area contributed by atoms with Crippen LogP contribution in [0.25, 0.3) is 0 Å². The average Bonchev–Trinajstić information content (AvgIpc) is 2.74. The molecule has 1 amide bonds. The number of ether oxygens (including phenoxy) is 2. The lowest BCUT2D eigenvalue weighted by Gasteiger charge is -2.36. The second kappa shape index (κ2) is 4.18. The Hall–Kier alpha value is -1.10. The summed E-state index contributed by atoms with van der Waals surface area (Å²) in [5.41, 5.74) is 0. The summed E-state index contributed by atoms with van der Waals surface area (Å²) in [7, 11) is 1.23. The molecule has 5 heteroatoms. The summed E-state index contributed by atoms with van der Waals surface area (Å²) in [6.45, 7) is 1.01. The van der Waals surface area contributed by atoms with Crippen LogP contribution in [-0.4, -0.2) is 49.2 Å². The van der Waals surface area contributed by atoms with Crippen molar-refractivity contribution in [3.05, 3.63) is 0 Å². The van der Waals surface area contributed by atoms with Gasteiger partial charge in [0, 0.05) is 6.54 Å². The van der Waals surface area contributed by atoms with Gasteiger partial charge in [0.05, 0.1) is 25.9 Å². The zero-order valence-electron chi connectivity index (χ0n) is 8.77. The van der Waals surface area contributed by atoms with Crippen molar-refractivity contribution in [1.29, 1.82) is 0 Å². The topological polar surface area (TPSA) is 55.8 Å². The maximum absolute atomic E-state index is 11.7. The van der Waals surface area contributed by atoms with Gasteiger partial charge in [-0.3, -0.25) is 4.79 Å². The molecule has 2 aliphatic rings. The molecule has 15 heavy (non-hydrogen) atoms. The van der Waals surface area contributed by atoms with E-state index in [1.165, 1.54) is 7.11 Å². The minimum absolute atomic E-state index is 0.0744. The fourth-order valence-corrected chi connectivity index (χ4v) is 2.38. The van der Waals surface area contributed by atoms with E-state index in [2.05, 4.69) is 4.74 Å². The third kappa shape index (κ3) is 1.84. The fourth-order valence-electron chi connectivity index (χ4n) is 2.38. The highest BCUT2D eigenvalue weighted by Crippen LogP contribution is 2.29. The first-order chi connectivity index (χ1) is 7.24. The number of nitrogens with zero attached hydrogens (tertiary/aromatic N) is 1. The molecular formula is C10H15NO4. The molecule has 84 valence electrons. The first-order valence-corrected chi connectivity index (χ1v) is 5.24. The van der Waals surface area contributed by atoms with Crippen LogP contribution in [0.5, 0.6) is 0 Å². The first kappa shape index (κ1) is 10.4. The van der Waals surface area contributed by atoms with Gasteiger partial charge in [-0.2, -0.15) is 0 Å². The standard InChI is InChI=1S/C10H15NO4/c1-14-10(13)9(12)11-5-6-15-8-4-2-3-7(8)11/h7-8H,2-6H2,1H3. The van der Waals surface area contributed by atoms with E-state index >= 15 is 0 Å². The van der Waals surface area contributed by atoms with Crippen molar-refractivity contribution in [3.63, 3.8) is 0 Å². The predicted molar refractivity (Wildman–Crippen MR) is 51.1 cm³/mol. The smallest absolute Gasteiger partial charge is 0.396 e. The number of fused-ring (bicyclic) bond motifs is 1. The van der Waals surface area contributed by atoms with Crippen LogP contribution in [0.3, 0.4) is 0 Å². The average molecular weight is 213 g/mol. The number of rotatable bonds is 0. The zero-order chi connectivity index (χ0) is 10.8. The van der Waals surface area contributed by atoms with Gasteiger partial charge < -0.3 is 14.4 Å². The molecule has 5 nitrogen and oxygen atoms in total. The van der Waals surface area contributed by atoms with Crippen molar-refractivity contribution >= 4 is 11.9 Å². The molecule has 1 aliphatic carbocycles. The molecule has 2 fully saturated rings. The molecule has 1 heterocycles. The van der Waals surface area contributed by atoms with Gasteiger partial charge in [0.15, 0.2) is 0 Å². The Kier molecular flexibility index (Phi) is 2.90. The van der Waals surface area contributed by atoms with Crippen LogP contribution in [0, 0.1) is 0 Å². The molecule has 0 aromatic carbocycles. The Morgan fingerprint density at radius 3 is 2.93 bits per heavy atom. The van der Waals surface area contributed by atoms with Gasteiger partial charge in [-0.05, 0) is 19.3 Å². The van der Waals surface area contributed by atoms with Crippen LogP contribution in [0.4, 0.5) is 0 Å². The molecule has 1 saturated heterocycles. The highest BCUT2D eigenvalue weighted by Gasteiger charge is 2.40. The van der Waals surface area contributed by atoms with Gasteiger partial charge in [0.1, 0.15) is 0 Å². The van der Waals surface area contributed by atoms with Crippen molar-refractivity contribution in [1.82, 2.24) is 4.90 Å². The summed E-state index contributed by atoms with van der Waals surface area (Å²) < 4.78 is 9.99. The molecule has 2 rings (SSSR count). The molecule has 0 aromatic heterocycles. The van der Waals surface area contributed by atoms with E-state index in [0.29, 0.717) is 13.2 Å². The van der Waals surface area contributed by atoms with Gasteiger partial charge in [-0.1, -0.05) is 0 Å². The van der Waals surface area contributed by atoms with E-state index in [9.17, 15) is 9.59 Å². The second-order valence-electron chi connectivity index (χ2n) is 3.90. The van der Waals surface area contributed by atoms with E-state index in [-0.39, 0.29) is 12.1 Å². The number of amides is 1. The Balaban J connectivity index is 2.07. The number of methoxy groups -OCH3 is 1. The highest BCUT2D eigenvalue weighted by atomic mass is 16.5. The largest absolute Gasteiger partial charge is 0.462 e. The van der Waals surface area contributed by atoms with Crippen LogP contribution in [-0.2, 0) is 19.1 Å². The monoisotopic (exact) mass is 213 g/mol. The molecule has 0 radical (unpaired) electrons. The van der Waals surface area contributed by atoms with Gasteiger partial charge in [-0.15, -0.1) is 0 Å². The molecule has 2 unspecified atom stereocenters. The Morgan fingerprint density at radius 2 is 2.20 bits per heavy atom.